The molecule has 7 heteroatoms. The number of nitrogens with zero attached hydrogens (tertiary/aromatic N) is 6. The molecule has 0 aliphatic rings. The quantitative estimate of drug-likeness (QED) is 0.724. The summed E-state index contributed by atoms with van der Waals surface area (Å²) in [6.07, 6.45) is 1.60. The van der Waals surface area contributed by atoms with Crippen LogP contribution < -0.4 is 0 Å². The highest BCUT2D eigenvalue weighted by molar-refractivity contribution is 5.61. The highest BCUT2D eigenvalue weighted by atomic mass is 16.5. The molecule has 0 radical (unpaired) electrons. The third kappa shape index (κ3) is 1.97. The van der Waals surface area contributed by atoms with E-state index in [0.29, 0.717) is 17.4 Å². The molecule has 0 aliphatic carbocycles. The van der Waals surface area contributed by atoms with Crippen LogP contribution in [0.2, 0.25) is 0 Å². The smallest absolute Gasteiger partial charge is 0.262 e. The van der Waals surface area contributed by atoms with Gasteiger partial charge in [-0.25, -0.2) is 0 Å². The molecule has 0 atom stereocenters. The maximum absolute atomic E-state index is 5.34. The van der Waals surface area contributed by atoms with Gasteiger partial charge in [0.25, 0.3) is 5.89 Å². The zero-order chi connectivity index (χ0) is 14.1. The molecule has 0 saturated heterocycles. The van der Waals surface area contributed by atoms with Gasteiger partial charge in [-0.2, -0.15) is 15.2 Å². The van der Waals surface area contributed by atoms with E-state index in [1.165, 1.54) is 0 Å². The molecule has 0 aliphatic heterocycles. The van der Waals surface area contributed by atoms with Crippen LogP contribution >= 0.6 is 0 Å². The maximum Gasteiger partial charge on any atom is 0.262 e. The molecule has 0 fully saturated rings. The van der Waals surface area contributed by atoms with Crippen molar-refractivity contribution in [1.82, 2.24) is 30.1 Å². The van der Waals surface area contributed by atoms with Gasteiger partial charge in [0.15, 0.2) is 0 Å². The number of hydrogen-bond acceptors (Lipinski definition) is 6. The largest absolute Gasteiger partial charge is 0.333 e. The highest BCUT2D eigenvalue weighted by Gasteiger charge is 2.19. The molecule has 3 rings (SSSR count). The van der Waals surface area contributed by atoms with Crippen LogP contribution in [0.4, 0.5) is 0 Å². The third-order valence-corrected chi connectivity index (χ3v) is 3.12. The Hall–Kier alpha value is -2.57. The second-order valence-electron chi connectivity index (χ2n) is 4.39. The van der Waals surface area contributed by atoms with E-state index < -0.39 is 0 Å². The minimum Gasteiger partial charge on any atom is -0.333 e. The average molecular weight is 270 g/mol. The molecule has 3 aromatic rings. The first-order chi connectivity index (χ1) is 9.70. The summed E-state index contributed by atoms with van der Waals surface area (Å²) in [6, 6.07) is 3.57. The van der Waals surface area contributed by atoms with Gasteiger partial charge in [-0.15, -0.1) is 5.10 Å². The Morgan fingerprint density at radius 2 is 2.15 bits per heavy atom. The molecule has 0 aromatic carbocycles. The molecule has 0 N–H and O–H groups in total. The van der Waals surface area contributed by atoms with Crippen molar-refractivity contribution in [2.45, 2.75) is 27.3 Å². The molecule has 3 aromatic heterocycles. The predicted molar refractivity (Wildman–Crippen MR) is 71.7 cm³/mol. The summed E-state index contributed by atoms with van der Waals surface area (Å²) < 4.78 is 7.26. The Bertz CT molecular complexity index is 731. The van der Waals surface area contributed by atoms with E-state index in [4.69, 9.17) is 4.52 Å². The molecular weight excluding hydrogens is 256 g/mol. The summed E-state index contributed by atoms with van der Waals surface area (Å²) >= 11 is 0. The second-order valence-corrected chi connectivity index (χ2v) is 4.39. The highest BCUT2D eigenvalue weighted by Crippen LogP contribution is 2.26. The van der Waals surface area contributed by atoms with Gasteiger partial charge in [0.2, 0.25) is 5.82 Å². The van der Waals surface area contributed by atoms with Crippen LogP contribution in [0.25, 0.3) is 23.0 Å². The van der Waals surface area contributed by atoms with Crippen molar-refractivity contribution < 1.29 is 4.52 Å². The summed E-state index contributed by atoms with van der Waals surface area (Å²) in [4.78, 5) is 4.39. The van der Waals surface area contributed by atoms with Gasteiger partial charge in [-0.1, -0.05) is 5.16 Å². The number of aromatic nitrogens is 6. The minimum atomic E-state index is 0.427. The average Bonchev–Trinajstić information content (AvgIpc) is 3.04. The van der Waals surface area contributed by atoms with Crippen LogP contribution in [0.5, 0.6) is 0 Å². The van der Waals surface area contributed by atoms with E-state index in [9.17, 15) is 0 Å². The SMILES string of the molecule is CCn1nc(C)c(-c2nc(-c3cccnn3)no2)c1C. The Kier molecular flexibility index (Phi) is 3.02. The minimum absolute atomic E-state index is 0.427. The Labute approximate surface area is 115 Å². The molecule has 102 valence electrons. The number of hydrogen-bond donors (Lipinski definition) is 0. The van der Waals surface area contributed by atoms with E-state index in [0.717, 1.165) is 23.5 Å². The summed E-state index contributed by atoms with van der Waals surface area (Å²) in [6.45, 7) is 6.77. The fourth-order valence-corrected chi connectivity index (χ4v) is 2.16. The molecule has 0 amide bonds. The van der Waals surface area contributed by atoms with Gasteiger partial charge in [-0.05, 0) is 32.9 Å². The van der Waals surface area contributed by atoms with E-state index >= 15 is 0 Å². The fourth-order valence-electron chi connectivity index (χ4n) is 2.16. The summed E-state index contributed by atoms with van der Waals surface area (Å²) in [5.41, 5.74) is 3.35. The number of rotatable bonds is 3. The molecule has 20 heavy (non-hydrogen) atoms. The predicted octanol–water partition coefficient (Wildman–Crippen LogP) is 2.03. The lowest BCUT2D eigenvalue weighted by Gasteiger charge is -1.98. The summed E-state index contributed by atoms with van der Waals surface area (Å²) in [5, 5.41) is 16.2. The third-order valence-electron chi connectivity index (χ3n) is 3.12. The van der Waals surface area contributed by atoms with Gasteiger partial charge in [0.05, 0.1) is 11.3 Å². The monoisotopic (exact) mass is 270 g/mol. The molecule has 7 nitrogen and oxygen atoms in total. The first-order valence-corrected chi connectivity index (χ1v) is 6.37. The van der Waals surface area contributed by atoms with Crippen molar-refractivity contribution in [3.63, 3.8) is 0 Å². The Balaban J connectivity index is 2.05. The summed E-state index contributed by atoms with van der Waals surface area (Å²) in [7, 11) is 0. The van der Waals surface area contributed by atoms with Crippen molar-refractivity contribution >= 4 is 0 Å². The molecule has 0 spiro atoms. The van der Waals surface area contributed by atoms with Crippen molar-refractivity contribution in [1.29, 1.82) is 0 Å². The van der Waals surface area contributed by atoms with Gasteiger partial charge in [-0.3, -0.25) is 4.68 Å². The van der Waals surface area contributed by atoms with Crippen molar-refractivity contribution in [3.05, 3.63) is 29.7 Å². The zero-order valence-electron chi connectivity index (χ0n) is 11.5. The van der Waals surface area contributed by atoms with E-state index in [1.54, 1.807) is 18.3 Å². The molecule has 3 heterocycles. The van der Waals surface area contributed by atoms with E-state index in [-0.39, 0.29) is 0 Å². The topological polar surface area (TPSA) is 82.5 Å². The number of aryl methyl sites for hydroxylation is 2. The van der Waals surface area contributed by atoms with Gasteiger partial charge >= 0.3 is 0 Å². The van der Waals surface area contributed by atoms with Crippen LogP contribution in [0.15, 0.2) is 22.9 Å². The van der Waals surface area contributed by atoms with Crippen molar-refractivity contribution in [2.24, 2.45) is 0 Å². The lowest BCUT2D eigenvalue weighted by Crippen LogP contribution is -1.98. The molecular formula is C13H14N6O. The van der Waals surface area contributed by atoms with Crippen LogP contribution in [-0.2, 0) is 6.54 Å². The first-order valence-electron chi connectivity index (χ1n) is 6.37. The van der Waals surface area contributed by atoms with Gasteiger partial charge < -0.3 is 4.52 Å². The van der Waals surface area contributed by atoms with Crippen molar-refractivity contribution in [2.75, 3.05) is 0 Å². The second kappa shape index (κ2) is 4.84. The van der Waals surface area contributed by atoms with E-state index in [2.05, 4.69) is 25.4 Å². The standard InChI is InChI=1S/C13H14N6O/c1-4-19-9(3)11(8(2)17-19)13-15-12(18-20-13)10-6-5-7-14-16-10/h5-7H,4H2,1-3H3. The van der Waals surface area contributed by atoms with Crippen LogP contribution in [0.3, 0.4) is 0 Å². The Morgan fingerprint density at radius 1 is 1.30 bits per heavy atom. The van der Waals surface area contributed by atoms with Crippen LogP contribution in [0.1, 0.15) is 18.3 Å². The van der Waals surface area contributed by atoms with Crippen molar-refractivity contribution in [3.8, 4) is 23.0 Å². The molecule has 0 bridgehead atoms. The lowest BCUT2D eigenvalue weighted by atomic mass is 10.2. The van der Waals surface area contributed by atoms with Gasteiger partial charge in [0.1, 0.15) is 5.69 Å². The lowest BCUT2D eigenvalue weighted by molar-refractivity contribution is 0.431. The first kappa shape index (κ1) is 12.5. The molecule has 0 saturated carbocycles. The maximum atomic E-state index is 5.34. The van der Waals surface area contributed by atoms with Crippen LogP contribution in [-0.4, -0.2) is 30.1 Å². The normalized spacial score (nSPS) is 10.9. The Morgan fingerprint density at radius 3 is 2.80 bits per heavy atom. The zero-order valence-corrected chi connectivity index (χ0v) is 11.5. The van der Waals surface area contributed by atoms with Gasteiger partial charge in [0, 0.05) is 18.4 Å². The fraction of sp³-hybridized carbons (Fsp3) is 0.308. The van der Waals surface area contributed by atoms with Crippen LogP contribution in [0, 0.1) is 13.8 Å². The van der Waals surface area contributed by atoms with E-state index in [1.807, 2.05) is 25.5 Å². The molecule has 0 unspecified atom stereocenters. The summed E-state index contributed by atoms with van der Waals surface area (Å²) in [5.74, 6) is 0.886.